The highest BCUT2D eigenvalue weighted by molar-refractivity contribution is 9.09. The molecule has 29 heavy (non-hydrogen) atoms. The monoisotopic (exact) mass is 468 g/mol. The zero-order valence-electron chi connectivity index (χ0n) is 18.2. The average molecular weight is 470 g/mol. The van der Waals surface area contributed by atoms with Gasteiger partial charge in [-0.2, -0.15) is 0 Å². The number of unbranched alkanes of at least 4 members (excludes halogenated alkanes) is 13. The van der Waals surface area contributed by atoms with Crippen molar-refractivity contribution in [2.24, 2.45) is 0 Å². The minimum atomic E-state index is 0.0132. The third kappa shape index (κ3) is 11.9. The van der Waals surface area contributed by atoms with E-state index >= 15 is 0 Å². The van der Waals surface area contributed by atoms with Gasteiger partial charge in [0, 0.05) is 11.9 Å². The van der Waals surface area contributed by atoms with Crippen molar-refractivity contribution < 1.29 is 14.2 Å². The van der Waals surface area contributed by atoms with Crippen LogP contribution in [0.2, 0.25) is 0 Å². The molecule has 1 aromatic carbocycles. The van der Waals surface area contributed by atoms with Gasteiger partial charge in [0.1, 0.15) is 6.61 Å². The lowest BCUT2D eigenvalue weighted by Crippen LogP contribution is -2.33. The van der Waals surface area contributed by atoms with Crippen LogP contribution in [-0.2, 0) is 4.74 Å². The molecule has 0 saturated carbocycles. The van der Waals surface area contributed by atoms with Crippen molar-refractivity contribution in [3.63, 3.8) is 0 Å². The second kappa shape index (κ2) is 17.0. The van der Waals surface area contributed by atoms with Crippen LogP contribution < -0.4 is 9.47 Å². The zero-order chi connectivity index (χ0) is 20.4. The molecule has 0 N–H and O–H groups in total. The highest BCUT2D eigenvalue weighted by Gasteiger charge is 2.20. The Morgan fingerprint density at radius 2 is 1.24 bits per heavy atom. The van der Waals surface area contributed by atoms with Gasteiger partial charge in [0.25, 0.3) is 0 Å². The fourth-order valence-electron chi connectivity index (χ4n) is 3.78. The summed E-state index contributed by atoms with van der Waals surface area (Å²) in [5.41, 5.74) is 0. The molecule has 1 aliphatic rings. The standard InChI is InChI=1S/C25H41BrO3/c26-19-15-11-9-7-5-3-1-2-4-6-8-10-12-16-20-27-21-23-22-28-24-17-13-14-18-25(24)29-23/h13-14,17-18,23H,1-12,15-16,19-22H2. The maximum absolute atomic E-state index is 5.91. The van der Waals surface area contributed by atoms with Crippen LogP contribution in [-0.4, -0.2) is 31.3 Å². The van der Waals surface area contributed by atoms with Crippen molar-refractivity contribution in [1.82, 2.24) is 0 Å². The quantitative estimate of drug-likeness (QED) is 0.163. The Hall–Kier alpha value is -0.740. The van der Waals surface area contributed by atoms with E-state index in [4.69, 9.17) is 14.2 Å². The van der Waals surface area contributed by atoms with E-state index in [2.05, 4.69) is 15.9 Å². The lowest BCUT2D eigenvalue weighted by atomic mass is 10.0. The summed E-state index contributed by atoms with van der Waals surface area (Å²) in [4.78, 5) is 0. The summed E-state index contributed by atoms with van der Waals surface area (Å²) in [6.45, 7) is 2.02. The van der Waals surface area contributed by atoms with Crippen LogP contribution in [0.1, 0.15) is 89.9 Å². The van der Waals surface area contributed by atoms with Crippen molar-refractivity contribution in [3.8, 4) is 11.5 Å². The van der Waals surface area contributed by atoms with Crippen LogP contribution in [0.15, 0.2) is 24.3 Å². The molecule has 0 aliphatic carbocycles. The SMILES string of the molecule is BrCCCCCCCCCCCCCCCCOCC1COc2ccccc2O1. The van der Waals surface area contributed by atoms with Crippen LogP contribution in [0.25, 0.3) is 0 Å². The Kier molecular flexibility index (Phi) is 14.4. The maximum Gasteiger partial charge on any atom is 0.161 e. The topological polar surface area (TPSA) is 27.7 Å². The lowest BCUT2D eigenvalue weighted by Gasteiger charge is -2.26. The predicted octanol–water partition coefficient (Wildman–Crippen LogP) is 7.70. The Bertz CT molecular complexity index is 509. The molecule has 1 unspecified atom stereocenters. The molecule has 4 heteroatoms. The molecule has 0 spiro atoms. The number of ether oxygens (including phenoxy) is 3. The number of para-hydroxylation sites is 2. The molecule has 1 aliphatic heterocycles. The van der Waals surface area contributed by atoms with Gasteiger partial charge in [-0.25, -0.2) is 0 Å². The summed E-state index contributed by atoms with van der Waals surface area (Å²) in [6, 6.07) is 7.84. The van der Waals surface area contributed by atoms with E-state index in [9.17, 15) is 0 Å². The molecule has 0 aromatic heterocycles. The summed E-state index contributed by atoms with van der Waals surface area (Å²) in [5, 5.41) is 1.17. The zero-order valence-corrected chi connectivity index (χ0v) is 19.8. The van der Waals surface area contributed by atoms with Gasteiger partial charge in [-0.1, -0.05) is 105 Å². The van der Waals surface area contributed by atoms with Crippen LogP contribution in [0.5, 0.6) is 11.5 Å². The van der Waals surface area contributed by atoms with E-state index in [1.54, 1.807) is 0 Å². The fourth-order valence-corrected chi connectivity index (χ4v) is 4.18. The largest absolute Gasteiger partial charge is 0.486 e. The van der Waals surface area contributed by atoms with Gasteiger partial charge >= 0.3 is 0 Å². The molecule has 166 valence electrons. The third-order valence-electron chi connectivity index (χ3n) is 5.54. The van der Waals surface area contributed by atoms with Gasteiger partial charge in [-0.15, -0.1) is 0 Å². The smallest absolute Gasteiger partial charge is 0.161 e. The van der Waals surface area contributed by atoms with Crippen molar-refractivity contribution in [2.75, 3.05) is 25.2 Å². The van der Waals surface area contributed by atoms with E-state index in [1.165, 1.54) is 88.8 Å². The number of alkyl halides is 1. The molecule has 0 radical (unpaired) electrons. The first-order valence-electron chi connectivity index (χ1n) is 11.9. The molecule has 0 fully saturated rings. The van der Waals surface area contributed by atoms with Crippen molar-refractivity contribution in [1.29, 1.82) is 0 Å². The minimum Gasteiger partial charge on any atom is -0.486 e. The van der Waals surface area contributed by atoms with Crippen molar-refractivity contribution >= 4 is 15.9 Å². The van der Waals surface area contributed by atoms with Crippen molar-refractivity contribution in [2.45, 2.75) is 96.0 Å². The van der Waals surface area contributed by atoms with E-state index in [1.807, 2.05) is 24.3 Å². The maximum atomic E-state index is 5.91. The van der Waals surface area contributed by atoms with Crippen LogP contribution >= 0.6 is 15.9 Å². The number of benzene rings is 1. The molecule has 1 aromatic rings. The van der Waals surface area contributed by atoms with Gasteiger partial charge < -0.3 is 14.2 Å². The van der Waals surface area contributed by atoms with Gasteiger partial charge in [0.05, 0.1) is 6.61 Å². The Morgan fingerprint density at radius 1 is 0.724 bits per heavy atom. The number of fused-ring (bicyclic) bond motifs is 1. The molecular formula is C25H41BrO3. The molecule has 0 saturated heterocycles. The van der Waals surface area contributed by atoms with E-state index in [-0.39, 0.29) is 6.10 Å². The first kappa shape index (κ1) is 24.5. The number of hydrogen-bond acceptors (Lipinski definition) is 3. The Morgan fingerprint density at radius 3 is 1.83 bits per heavy atom. The van der Waals surface area contributed by atoms with Gasteiger partial charge in [0.2, 0.25) is 0 Å². The number of rotatable bonds is 18. The van der Waals surface area contributed by atoms with Gasteiger partial charge in [-0.3, -0.25) is 0 Å². The molecule has 1 heterocycles. The van der Waals surface area contributed by atoms with Crippen LogP contribution in [0.4, 0.5) is 0 Å². The van der Waals surface area contributed by atoms with E-state index in [0.717, 1.165) is 24.5 Å². The number of halogens is 1. The summed E-state index contributed by atoms with van der Waals surface area (Å²) in [5.74, 6) is 1.67. The molecule has 0 bridgehead atoms. The second-order valence-corrected chi connectivity index (χ2v) is 9.00. The highest BCUT2D eigenvalue weighted by atomic mass is 79.9. The minimum absolute atomic E-state index is 0.0132. The van der Waals surface area contributed by atoms with Crippen LogP contribution in [0, 0.1) is 0 Å². The molecule has 1 atom stereocenters. The molecule has 3 nitrogen and oxygen atoms in total. The first-order chi connectivity index (χ1) is 14.4. The summed E-state index contributed by atoms with van der Waals surface area (Å²) >= 11 is 3.50. The normalized spacial score (nSPS) is 15.6. The summed E-state index contributed by atoms with van der Waals surface area (Å²) in [7, 11) is 0. The summed E-state index contributed by atoms with van der Waals surface area (Å²) < 4.78 is 17.4. The van der Waals surface area contributed by atoms with Crippen LogP contribution in [0.3, 0.4) is 0 Å². The Balaban J connectivity index is 1.28. The molecular weight excluding hydrogens is 428 g/mol. The van der Waals surface area contributed by atoms with E-state index < -0.39 is 0 Å². The lowest BCUT2D eigenvalue weighted by molar-refractivity contribution is 0.00778. The van der Waals surface area contributed by atoms with Gasteiger partial charge in [-0.05, 0) is 25.0 Å². The third-order valence-corrected chi connectivity index (χ3v) is 6.10. The van der Waals surface area contributed by atoms with Gasteiger partial charge in [0.15, 0.2) is 17.6 Å². The van der Waals surface area contributed by atoms with E-state index in [0.29, 0.717) is 13.2 Å². The molecule has 2 rings (SSSR count). The summed E-state index contributed by atoms with van der Waals surface area (Å²) in [6.07, 6.45) is 19.3. The number of hydrogen-bond donors (Lipinski definition) is 0. The average Bonchev–Trinajstić information content (AvgIpc) is 2.76. The van der Waals surface area contributed by atoms with Crippen molar-refractivity contribution in [3.05, 3.63) is 24.3 Å². The molecule has 0 amide bonds. The predicted molar refractivity (Wildman–Crippen MR) is 126 cm³/mol. The fraction of sp³-hybridized carbons (Fsp3) is 0.760. The first-order valence-corrected chi connectivity index (χ1v) is 13.0. The highest BCUT2D eigenvalue weighted by Crippen LogP contribution is 2.30. The Labute approximate surface area is 187 Å². The second-order valence-electron chi connectivity index (χ2n) is 8.21.